The van der Waals surface area contributed by atoms with Crippen molar-refractivity contribution in [3.05, 3.63) is 28.8 Å². The number of ether oxygens (including phenoxy) is 1. The third-order valence-electron chi connectivity index (χ3n) is 4.05. The van der Waals surface area contributed by atoms with E-state index >= 15 is 0 Å². The van der Waals surface area contributed by atoms with Crippen LogP contribution in [0.25, 0.3) is 0 Å². The van der Waals surface area contributed by atoms with E-state index in [9.17, 15) is 14.7 Å². The largest absolute Gasteiger partial charge is 0.496 e. The first kappa shape index (κ1) is 16.6. The zero-order valence-corrected chi connectivity index (χ0v) is 13.5. The first-order valence-corrected chi connectivity index (χ1v) is 7.65. The number of methoxy groups -OCH3 is 1. The molecule has 1 saturated heterocycles. The van der Waals surface area contributed by atoms with Crippen molar-refractivity contribution in [1.29, 1.82) is 0 Å². The van der Waals surface area contributed by atoms with E-state index in [-0.39, 0.29) is 12.3 Å². The standard InChI is InChI=1S/C16H20ClNO4/c1-10-5-6-18(13(7-10)16(20)21)15(19)9-11-8-12(17)3-4-14(11)22-2/h3-4,8,10,13H,5-7,9H2,1-2H3,(H,20,21). The molecule has 1 heterocycles. The lowest BCUT2D eigenvalue weighted by molar-refractivity contribution is -0.152. The van der Waals surface area contributed by atoms with Crippen LogP contribution in [0.15, 0.2) is 18.2 Å². The number of piperidine rings is 1. The maximum absolute atomic E-state index is 12.5. The number of carboxylic acids is 1. The molecule has 0 aliphatic carbocycles. The zero-order chi connectivity index (χ0) is 16.3. The number of hydrogen-bond donors (Lipinski definition) is 1. The molecule has 1 aliphatic rings. The number of carbonyl (C=O) groups is 2. The number of aliphatic carboxylic acids is 1. The number of benzene rings is 1. The molecule has 2 rings (SSSR count). The summed E-state index contributed by atoms with van der Waals surface area (Å²) in [6.45, 7) is 2.48. The second kappa shape index (κ2) is 7.01. The van der Waals surface area contributed by atoms with Crippen LogP contribution in [-0.4, -0.2) is 41.6 Å². The number of amides is 1. The molecule has 1 amide bonds. The smallest absolute Gasteiger partial charge is 0.326 e. The molecule has 6 heteroatoms. The third kappa shape index (κ3) is 3.71. The first-order valence-electron chi connectivity index (χ1n) is 7.27. The molecular formula is C16H20ClNO4. The Morgan fingerprint density at radius 1 is 1.45 bits per heavy atom. The molecule has 1 aromatic carbocycles. The number of likely N-dealkylation sites (tertiary alicyclic amines) is 1. The van der Waals surface area contributed by atoms with Crippen molar-refractivity contribution < 1.29 is 19.4 Å². The molecule has 1 fully saturated rings. The molecule has 2 atom stereocenters. The van der Waals surface area contributed by atoms with Crippen molar-refractivity contribution in [3.8, 4) is 5.75 Å². The van der Waals surface area contributed by atoms with Gasteiger partial charge in [0.15, 0.2) is 0 Å². The topological polar surface area (TPSA) is 66.8 Å². The minimum atomic E-state index is -0.946. The summed E-state index contributed by atoms with van der Waals surface area (Å²) in [7, 11) is 1.53. The highest BCUT2D eigenvalue weighted by atomic mass is 35.5. The number of nitrogens with zero attached hydrogens (tertiary/aromatic N) is 1. The summed E-state index contributed by atoms with van der Waals surface area (Å²) < 4.78 is 5.23. The van der Waals surface area contributed by atoms with Crippen LogP contribution in [0, 0.1) is 5.92 Å². The quantitative estimate of drug-likeness (QED) is 0.924. The van der Waals surface area contributed by atoms with Gasteiger partial charge in [0.25, 0.3) is 0 Å². The summed E-state index contributed by atoms with van der Waals surface area (Å²) in [5, 5.41) is 9.87. The van der Waals surface area contributed by atoms with Crippen molar-refractivity contribution >= 4 is 23.5 Å². The molecular weight excluding hydrogens is 306 g/mol. The fourth-order valence-corrected chi connectivity index (χ4v) is 3.02. The van der Waals surface area contributed by atoms with Gasteiger partial charge in [-0.15, -0.1) is 0 Å². The molecule has 0 radical (unpaired) electrons. The van der Waals surface area contributed by atoms with Gasteiger partial charge in [-0.2, -0.15) is 0 Å². The van der Waals surface area contributed by atoms with Gasteiger partial charge in [0.1, 0.15) is 11.8 Å². The van der Waals surface area contributed by atoms with E-state index in [0.717, 1.165) is 6.42 Å². The lowest BCUT2D eigenvalue weighted by Gasteiger charge is -2.36. The van der Waals surface area contributed by atoms with Crippen molar-refractivity contribution in [3.63, 3.8) is 0 Å². The Bertz CT molecular complexity index is 575. The fourth-order valence-electron chi connectivity index (χ4n) is 2.82. The van der Waals surface area contributed by atoms with E-state index in [1.807, 2.05) is 6.92 Å². The van der Waals surface area contributed by atoms with Gasteiger partial charge in [0, 0.05) is 17.1 Å². The van der Waals surface area contributed by atoms with Gasteiger partial charge in [0.2, 0.25) is 5.91 Å². The maximum atomic E-state index is 12.5. The van der Waals surface area contributed by atoms with Crippen LogP contribution in [0.2, 0.25) is 5.02 Å². The van der Waals surface area contributed by atoms with Gasteiger partial charge >= 0.3 is 5.97 Å². The molecule has 0 spiro atoms. The lowest BCUT2D eigenvalue weighted by atomic mass is 9.92. The Balaban J connectivity index is 2.17. The molecule has 1 N–H and O–H groups in total. The number of carbonyl (C=O) groups excluding carboxylic acids is 1. The van der Waals surface area contributed by atoms with Crippen LogP contribution in [0.1, 0.15) is 25.3 Å². The molecule has 1 aliphatic heterocycles. The van der Waals surface area contributed by atoms with Crippen LogP contribution in [0.4, 0.5) is 0 Å². The summed E-state index contributed by atoms with van der Waals surface area (Å²) in [6.07, 6.45) is 1.40. The number of halogens is 1. The Morgan fingerprint density at radius 3 is 2.82 bits per heavy atom. The molecule has 5 nitrogen and oxygen atoms in total. The molecule has 1 aromatic rings. The average Bonchev–Trinajstić information content (AvgIpc) is 2.47. The molecule has 0 aromatic heterocycles. The van der Waals surface area contributed by atoms with E-state index in [1.165, 1.54) is 12.0 Å². The maximum Gasteiger partial charge on any atom is 0.326 e. The van der Waals surface area contributed by atoms with E-state index < -0.39 is 12.0 Å². The summed E-state index contributed by atoms with van der Waals surface area (Å²) in [4.78, 5) is 25.4. The highest BCUT2D eigenvalue weighted by Crippen LogP contribution is 2.27. The van der Waals surface area contributed by atoms with Gasteiger partial charge < -0.3 is 14.7 Å². The first-order chi connectivity index (χ1) is 10.4. The Kier molecular flexibility index (Phi) is 5.29. The Labute approximate surface area is 134 Å². The Hall–Kier alpha value is -1.75. The van der Waals surface area contributed by atoms with E-state index in [4.69, 9.17) is 16.3 Å². The van der Waals surface area contributed by atoms with Crippen LogP contribution in [-0.2, 0) is 16.0 Å². The number of rotatable bonds is 4. The Morgan fingerprint density at radius 2 is 2.18 bits per heavy atom. The van der Waals surface area contributed by atoms with E-state index in [0.29, 0.717) is 35.2 Å². The van der Waals surface area contributed by atoms with Gasteiger partial charge in [-0.1, -0.05) is 18.5 Å². The van der Waals surface area contributed by atoms with Crippen molar-refractivity contribution in [2.24, 2.45) is 5.92 Å². The fraction of sp³-hybridized carbons (Fsp3) is 0.500. The predicted molar refractivity (Wildman–Crippen MR) is 83.2 cm³/mol. The zero-order valence-electron chi connectivity index (χ0n) is 12.7. The van der Waals surface area contributed by atoms with Crippen LogP contribution in [0.5, 0.6) is 5.75 Å². The van der Waals surface area contributed by atoms with E-state index in [1.54, 1.807) is 18.2 Å². The predicted octanol–water partition coefficient (Wildman–Crippen LogP) is 2.60. The summed E-state index contributed by atoms with van der Waals surface area (Å²) in [5.41, 5.74) is 0.669. The van der Waals surface area contributed by atoms with Crippen LogP contribution >= 0.6 is 11.6 Å². The van der Waals surface area contributed by atoms with Crippen molar-refractivity contribution in [2.75, 3.05) is 13.7 Å². The molecule has 0 saturated carbocycles. The average molecular weight is 326 g/mol. The van der Waals surface area contributed by atoms with Crippen molar-refractivity contribution in [1.82, 2.24) is 4.90 Å². The van der Waals surface area contributed by atoms with Crippen LogP contribution < -0.4 is 4.74 Å². The highest BCUT2D eigenvalue weighted by molar-refractivity contribution is 6.30. The van der Waals surface area contributed by atoms with Crippen molar-refractivity contribution in [2.45, 2.75) is 32.2 Å². The summed E-state index contributed by atoms with van der Waals surface area (Å²) in [5.74, 6) is -0.265. The molecule has 120 valence electrons. The van der Waals surface area contributed by atoms with Gasteiger partial charge in [-0.3, -0.25) is 4.79 Å². The normalized spacial score (nSPS) is 21.5. The summed E-state index contributed by atoms with van der Waals surface area (Å²) >= 11 is 5.97. The summed E-state index contributed by atoms with van der Waals surface area (Å²) in [6, 6.07) is 4.33. The SMILES string of the molecule is COc1ccc(Cl)cc1CC(=O)N1CCC(C)CC1C(=O)O. The molecule has 0 bridgehead atoms. The van der Waals surface area contributed by atoms with Gasteiger partial charge in [-0.05, 0) is 37.0 Å². The molecule has 22 heavy (non-hydrogen) atoms. The number of hydrogen-bond acceptors (Lipinski definition) is 3. The highest BCUT2D eigenvalue weighted by Gasteiger charge is 2.34. The van der Waals surface area contributed by atoms with Crippen LogP contribution in [0.3, 0.4) is 0 Å². The second-order valence-corrected chi connectivity index (χ2v) is 6.14. The molecule has 2 unspecified atom stereocenters. The third-order valence-corrected chi connectivity index (χ3v) is 4.29. The second-order valence-electron chi connectivity index (χ2n) is 5.70. The minimum Gasteiger partial charge on any atom is -0.496 e. The number of carboxylic acid groups (broad SMARTS) is 1. The minimum absolute atomic E-state index is 0.0852. The monoisotopic (exact) mass is 325 g/mol. The van der Waals surface area contributed by atoms with Gasteiger partial charge in [-0.25, -0.2) is 4.79 Å². The van der Waals surface area contributed by atoms with Gasteiger partial charge in [0.05, 0.1) is 13.5 Å². The lowest BCUT2D eigenvalue weighted by Crippen LogP contribution is -2.50. The van der Waals surface area contributed by atoms with E-state index in [2.05, 4.69) is 0 Å².